The third-order valence-corrected chi connectivity index (χ3v) is 2.81. The van der Waals surface area contributed by atoms with Gasteiger partial charge in [0.15, 0.2) is 0 Å². The van der Waals surface area contributed by atoms with Crippen molar-refractivity contribution in [3.63, 3.8) is 0 Å². The lowest BCUT2D eigenvalue weighted by molar-refractivity contribution is -0.111. The Morgan fingerprint density at radius 2 is 1.71 bits per heavy atom. The molecule has 0 heterocycles. The normalized spacial score (nSPS) is 14.8. The standard InChI is InChI=1S/C13H12O4/c1-7-11(14)12(15)10-8(13(7)17-3)5-4-6-9(10)16-2/h4-6H,1-3H3. The molecule has 0 saturated heterocycles. The molecule has 0 aliphatic heterocycles. The predicted octanol–water partition coefficient (Wildman–Crippen LogP) is 1.84. The fourth-order valence-corrected chi connectivity index (χ4v) is 1.98. The smallest absolute Gasteiger partial charge is 0.237 e. The Hall–Kier alpha value is -2.10. The van der Waals surface area contributed by atoms with Gasteiger partial charge in [0.2, 0.25) is 11.6 Å². The summed E-state index contributed by atoms with van der Waals surface area (Å²) in [6.45, 7) is 1.58. The number of Topliss-reactive ketones (excluding diaryl/α,β-unsaturated/α-hetero) is 2. The minimum absolute atomic E-state index is 0.280. The molecular formula is C13H12O4. The summed E-state index contributed by atoms with van der Waals surface area (Å²) >= 11 is 0. The fourth-order valence-electron chi connectivity index (χ4n) is 1.98. The fraction of sp³-hybridized carbons (Fsp3) is 0.231. The number of methoxy groups -OCH3 is 2. The molecule has 0 N–H and O–H groups in total. The van der Waals surface area contributed by atoms with Crippen LogP contribution in [0.25, 0.3) is 5.76 Å². The van der Waals surface area contributed by atoms with Crippen LogP contribution >= 0.6 is 0 Å². The second-order valence-corrected chi connectivity index (χ2v) is 3.70. The summed E-state index contributed by atoms with van der Waals surface area (Å²) in [4.78, 5) is 23.7. The van der Waals surface area contributed by atoms with E-state index >= 15 is 0 Å². The van der Waals surface area contributed by atoms with Gasteiger partial charge in [-0.3, -0.25) is 9.59 Å². The van der Waals surface area contributed by atoms with Gasteiger partial charge < -0.3 is 9.47 Å². The first-order chi connectivity index (χ1) is 8.11. The van der Waals surface area contributed by atoms with Gasteiger partial charge in [0.25, 0.3) is 0 Å². The van der Waals surface area contributed by atoms with Gasteiger partial charge in [-0.05, 0) is 13.0 Å². The van der Waals surface area contributed by atoms with Gasteiger partial charge in [-0.2, -0.15) is 0 Å². The molecule has 0 saturated carbocycles. The Kier molecular flexibility index (Phi) is 2.71. The van der Waals surface area contributed by atoms with Crippen LogP contribution in [0, 0.1) is 0 Å². The van der Waals surface area contributed by atoms with E-state index in [0.717, 1.165) is 0 Å². The van der Waals surface area contributed by atoms with E-state index in [4.69, 9.17) is 9.47 Å². The lowest BCUT2D eigenvalue weighted by atomic mass is 9.88. The summed E-state index contributed by atoms with van der Waals surface area (Å²) < 4.78 is 10.3. The van der Waals surface area contributed by atoms with Crippen LogP contribution in [0.15, 0.2) is 23.8 Å². The van der Waals surface area contributed by atoms with Crippen LogP contribution in [-0.2, 0) is 9.53 Å². The maximum Gasteiger partial charge on any atom is 0.237 e. The number of hydrogen-bond acceptors (Lipinski definition) is 4. The molecule has 4 nitrogen and oxygen atoms in total. The number of allylic oxidation sites excluding steroid dienone is 1. The van der Waals surface area contributed by atoms with Gasteiger partial charge in [0.1, 0.15) is 11.5 Å². The molecule has 0 amide bonds. The van der Waals surface area contributed by atoms with Crippen LogP contribution in [-0.4, -0.2) is 25.8 Å². The molecule has 0 unspecified atom stereocenters. The van der Waals surface area contributed by atoms with Crippen LogP contribution in [0.2, 0.25) is 0 Å². The molecule has 4 heteroatoms. The first kappa shape index (κ1) is 11.4. The number of carbonyl (C=O) groups excluding carboxylic acids is 2. The summed E-state index contributed by atoms with van der Waals surface area (Å²) in [6.07, 6.45) is 0. The molecule has 0 fully saturated rings. The summed E-state index contributed by atoms with van der Waals surface area (Å²) in [5, 5.41) is 0. The molecule has 0 bridgehead atoms. The zero-order valence-corrected chi connectivity index (χ0v) is 9.87. The van der Waals surface area contributed by atoms with E-state index in [-0.39, 0.29) is 5.56 Å². The highest BCUT2D eigenvalue weighted by Crippen LogP contribution is 2.34. The molecule has 1 aromatic carbocycles. The molecule has 0 radical (unpaired) electrons. The highest BCUT2D eigenvalue weighted by molar-refractivity contribution is 6.52. The first-order valence-electron chi connectivity index (χ1n) is 5.13. The van der Waals surface area contributed by atoms with Crippen molar-refractivity contribution < 1.29 is 19.1 Å². The molecule has 88 valence electrons. The predicted molar refractivity (Wildman–Crippen MR) is 61.9 cm³/mol. The number of carbonyl (C=O) groups is 2. The minimum Gasteiger partial charge on any atom is -0.496 e. The lowest BCUT2D eigenvalue weighted by Crippen LogP contribution is -2.24. The second-order valence-electron chi connectivity index (χ2n) is 3.70. The zero-order valence-electron chi connectivity index (χ0n) is 9.87. The van der Waals surface area contributed by atoms with Crippen molar-refractivity contribution in [3.05, 3.63) is 34.9 Å². The molecule has 0 atom stereocenters. The second kappa shape index (κ2) is 4.05. The van der Waals surface area contributed by atoms with Crippen molar-refractivity contribution in [3.8, 4) is 5.75 Å². The highest BCUT2D eigenvalue weighted by Gasteiger charge is 2.33. The average molecular weight is 232 g/mol. The van der Waals surface area contributed by atoms with E-state index in [2.05, 4.69) is 0 Å². The van der Waals surface area contributed by atoms with E-state index in [0.29, 0.717) is 22.6 Å². The molecule has 2 rings (SSSR count). The summed E-state index contributed by atoms with van der Waals surface area (Å²) in [7, 11) is 2.94. The van der Waals surface area contributed by atoms with Crippen molar-refractivity contribution in [1.82, 2.24) is 0 Å². The molecule has 1 aliphatic carbocycles. The van der Waals surface area contributed by atoms with Crippen LogP contribution < -0.4 is 4.74 Å². The van der Waals surface area contributed by atoms with Gasteiger partial charge in [-0.25, -0.2) is 0 Å². The zero-order chi connectivity index (χ0) is 12.6. The minimum atomic E-state index is -0.546. The van der Waals surface area contributed by atoms with Crippen LogP contribution in [0.1, 0.15) is 22.8 Å². The van der Waals surface area contributed by atoms with Crippen molar-refractivity contribution in [2.24, 2.45) is 0 Å². The number of ketones is 2. The molecule has 17 heavy (non-hydrogen) atoms. The molecule has 1 aliphatic rings. The molecule has 1 aromatic rings. The van der Waals surface area contributed by atoms with Gasteiger partial charge in [0, 0.05) is 11.1 Å². The number of benzene rings is 1. The van der Waals surface area contributed by atoms with Gasteiger partial charge >= 0.3 is 0 Å². The van der Waals surface area contributed by atoms with Crippen molar-refractivity contribution in [1.29, 1.82) is 0 Å². The monoisotopic (exact) mass is 232 g/mol. The largest absolute Gasteiger partial charge is 0.496 e. The Morgan fingerprint density at radius 1 is 1.00 bits per heavy atom. The van der Waals surface area contributed by atoms with Gasteiger partial charge in [0.05, 0.1) is 19.8 Å². The van der Waals surface area contributed by atoms with Crippen molar-refractivity contribution in [2.45, 2.75) is 6.92 Å². The van der Waals surface area contributed by atoms with Crippen LogP contribution in [0.5, 0.6) is 5.75 Å². The van der Waals surface area contributed by atoms with Gasteiger partial charge in [-0.15, -0.1) is 0 Å². The van der Waals surface area contributed by atoms with E-state index in [1.54, 1.807) is 25.1 Å². The lowest BCUT2D eigenvalue weighted by Gasteiger charge is -2.20. The third-order valence-electron chi connectivity index (χ3n) is 2.81. The average Bonchev–Trinajstić information content (AvgIpc) is 2.36. The molecular weight excluding hydrogens is 220 g/mol. The summed E-state index contributed by atoms with van der Waals surface area (Å²) in [5.74, 6) is -0.263. The maximum absolute atomic E-state index is 11.9. The highest BCUT2D eigenvalue weighted by atomic mass is 16.5. The van der Waals surface area contributed by atoms with Crippen LogP contribution in [0.4, 0.5) is 0 Å². The number of hydrogen-bond donors (Lipinski definition) is 0. The van der Waals surface area contributed by atoms with Gasteiger partial charge in [-0.1, -0.05) is 12.1 Å². The van der Waals surface area contributed by atoms with Crippen LogP contribution in [0.3, 0.4) is 0 Å². The summed E-state index contributed by atoms with van der Waals surface area (Å²) in [5.41, 5.74) is 1.22. The topological polar surface area (TPSA) is 52.6 Å². The maximum atomic E-state index is 11.9. The van der Waals surface area contributed by atoms with E-state index in [9.17, 15) is 9.59 Å². The Morgan fingerprint density at radius 3 is 2.29 bits per heavy atom. The number of rotatable bonds is 2. The van der Waals surface area contributed by atoms with E-state index in [1.165, 1.54) is 14.2 Å². The number of fused-ring (bicyclic) bond motifs is 1. The Labute approximate surface area is 98.8 Å². The van der Waals surface area contributed by atoms with Crippen molar-refractivity contribution in [2.75, 3.05) is 14.2 Å². The van der Waals surface area contributed by atoms with E-state index < -0.39 is 11.6 Å². The number of ether oxygens (including phenoxy) is 2. The summed E-state index contributed by atoms with van der Waals surface area (Å²) in [6, 6.07) is 5.15. The Bertz CT molecular complexity index is 540. The Balaban J connectivity index is 2.79. The molecule has 0 aromatic heterocycles. The molecule has 0 spiro atoms. The SMILES string of the molecule is COC1=C(C)C(=O)C(=O)c2c(OC)cccc21. The van der Waals surface area contributed by atoms with E-state index in [1.807, 2.05) is 0 Å². The first-order valence-corrected chi connectivity index (χ1v) is 5.13. The third kappa shape index (κ3) is 1.53. The quantitative estimate of drug-likeness (QED) is 0.730. The van der Waals surface area contributed by atoms with Crippen molar-refractivity contribution >= 4 is 17.3 Å².